The number of rotatable bonds is 3. The van der Waals surface area contributed by atoms with Gasteiger partial charge < -0.3 is 16.0 Å². The van der Waals surface area contributed by atoms with Crippen molar-refractivity contribution in [2.24, 2.45) is 0 Å². The number of hydrogen-bond donors (Lipinski definition) is 3. The molecule has 7 nitrogen and oxygen atoms in total. The molecule has 1 fully saturated rings. The number of benzene rings is 1. The Morgan fingerprint density at radius 2 is 2.10 bits per heavy atom. The number of urea groups is 1. The van der Waals surface area contributed by atoms with E-state index in [2.05, 4.69) is 20.9 Å². The van der Waals surface area contributed by atoms with Crippen LogP contribution in [0.5, 0.6) is 0 Å². The van der Waals surface area contributed by atoms with Crippen LogP contribution in [0.4, 0.5) is 20.6 Å². The van der Waals surface area contributed by atoms with E-state index in [1.807, 2.05) is 0 Å². The van der Waals surface area contributed by atoms with Crippen LogP contribution in [0, 0.1) is 5.82 Å². The van der Waals surface area contributed by atoms with Gasteiger partial charge in [-0.2, -0.15) is 0 Å². The second kappa shape index (κ2) is 7.31. The molecular weight excluding hydrogens is 393 g/mol. The summed E-state index contributed by atoms with van der Waals surface area (Å²) in [6.07, 6.45) is 3.61. The highest BCUT2D eigenvalue weighted by atomic mass is 32.2. The average Bonchev–Trinajstić information content (AvgIpc) is 3.10. The molecule has 3 aliphatic rings. The highest BCUT2D eigenvalue weighted by Crippen LogP contribution is 2.50. The van der Waals surface area contributed by atoms with Gasteiger partial charge in [0.2, 0.25) is 5.91 Å². The van der Waals surface area contributed by atoms with Crippen LogP contribution in [0.3, 0.4) is 0 Å². The van der Waals surface area contributed by atoms with Crippen molar-refractivity contribution >= 4 is 35.1 Å². The predicted octanol–water partition coefficient (Wildman–Crippen LogP) is 2.47. The van der Waals surface area contributed by atoms with E-state index in [0.29, 0.717) is 11.4 Å². The number of carbonyl (C=O) groups excluding carboxylic acids is 2. The molecule has 3 amide bonds. The van der Waals surface area contributed by atoms with E-state index in [9.17, 15) is 14.0 Å². The molecule has 3 N–H and O–H groups in total. The fourth-order valence-corrected chi connectivity index (χ4v) is 5.37. The summed E-state index contributed by atoms with van der Waals surface area (Å²) >= 11 is 1.38. The van der Waals surface area contributed by atoms with Crippen LogP contribution in [0.1, 0.15) is 24.4 Å². The van der Waals surface area contributed by atoms with Gasteiger partial charge in [0, 0.05) is 24.3 Å². The van der Waals surface area contributed by atoms with Gasteiger partial charge in [0.15, 0.2) is 0 Å². The van der Waals surface area contributed by atoms with Crippen molar-refractivity contribution in [3.63, 3.8) is 0 Å². The molecular formula is C20H20FN5O2S. The molecule has 9 heteroatoms. The third kappa shape index (κ3) is 3.24. The third-order valence-electron chi connectivity index (χ3n) is 5.49. The summed E-state index contributed by atoms with van der Waals surface area (Å²) in [6.45, 7) is 1.73. The molecule has 0 saturated carbocycles. The Balaban J connectivity index is 1.45. The fourth-order valence-electron chi connectivity index (χ4n) is 4.13. The molecule has 0 spiro atoms. The first kappa shape index (κ1) is 18.4. The van der Waals surface area contributed by atoms with Crippen LogP contribution in [-0.2, 0) is 4.79 Å². The minimum Gasteiger partial charge on any atom is -0.351 e. The van der Waals surface area contributed by atoms with Crippen LogP contribution >= 0.6 is 11.8 Å². The number of amides is 3. The van der Waals surface area contributed by atoms with Gasteiger partial charge >= 0.3 is 6.03 Å². The standard InChI is InChI=1S/C20H20FN5O2S/c21-11-3-5-13(6-4-11)26-14-7-9-23-19-15(14)16(25-20(26)28)17(29-19)18(27)24-12-2-1-8-22-10-12/h3-7,9,12,16-17,22H,1-2,8,10H2,(H,24,27)(H,25,28)/t12?,16?,17-/m1/s1. The summed E-state index contributed by atoms with van der Waals surface area (Å²) < 4.78 is 13.3. The minimum absolute atomic E-state index is 0.0896. The second-order valence-corrected chi connectivity index (χ2v) is 8.51. The van der Waals surface area contributed by atoms with Gasteiger partial charge in [-0.05, 0) is 49.7 Å². The van der Waals surface area contributed by atoms with Crippen LogP contribution in [0.15, 0.2) is 41.6 Å². The van der Waals surface area contributed by atoms with Gasteiger partial charge in [-0.3, -0.25) is 9.69 Å². The molecule has 0 bridgehead atoms. The number of anilines is 2. The first-order valence-electron chi connectivity index (χ1n) is 9.64. The lowest BCUT2D eigenvalue weighted by Crippen LogP contribution is -2.52. The molecule has 4 heterocycles. The van der Waals surface area contributed by atoms with Crippen molar-refractivity contribution in [3.8, 4) is 0 Å². The molecule has 29 heavy (non-hydrogen) atoms. The van der Waals surface area contributed by atoms with Gasteiger partial charge in [0.1, 0.15) is 16.1 Å². The van der Waals surface area contributed by atoms with Crippen molar-refractivity contribution in [2.75, 3.05) is 18.0 Å². The highest BCUT2D eigenvalue weighted by molar-refractivity contribution is 8.01. The van der Waals surface area contributed by atoms with E-state index in [-0.39, 0.29) is 23.8 Å². The number of nitrogens with zero attached hydrogens (tertiary/aromatic N) is 2. The molecule has 3 atom stereocenters. The molecule has 1 aromatic carbocycles. The Kier molecular flexibility index (Phi) is 4.63. The number of thioether (sulfide) groups is 1. The van der Waals surface area contributed by atoms with Gasteiger partial charge in [-0.1, -0.05) is 11.8 Å². The van der Waals surface area contributed by atoms with Crippen LogP contribution in [0.2, 0.25) is 0 Å². The Hall–Kier alpha value is -2.65. The zero-order chi connectivity index (χ0) is 20.0. The Morgan fingerprint density at radius 3 is 2.86 bits per heavy atom. The van der Waals surface area contributed by atoms with Crippen molar-refractivity contribution < 1.29 is 14.0 Å². The van der Waals surface area contributed by atoms with Gasteiger partial charge in [-0.15, -0.1) is 0 Å². The van der Waals surface area contributed by atoms with Crippen molar-refractivity contribution in [3.05, 3.63) is 47.9 Å². The summed E-state index contributed by atoms with van der Waals surface area (Å²) in [5.74, 6) is -0.457. The summed E-state index contributed by atoms with van der Waals surface area (Å²) in [5, 5.41) is 9.63. The maximum Gasteiger partial charge on any atom is 0.327 e. The van der Waals surface area contributed by atoms with Crippen molar-refractivity contribution in [1.29, 1.82) is 0 Å². The molecule has 5 rings (SSSR count). The first-order chi connectivity index (χ1) is 14.1. The fraction of sp³-hybridized carbons (Fsp3) is 0.350. The van der Waals surface area contributed by atoms with Gasteiger partial charge in [-0.25, -0.2) is 14.2 Å². The number of hydrogen-bond acceptors (Lipinski definition) is 5. The summed E-state index contributed by atoms with van der Waals surface area (Å²) in [4.78, 5) is 31.9. The van der Waals surface area contributed by atoms with Crippen LogP contribution < -0.4 is 20.9 Å². The van der Waals surface area contributed by atoms with E-state index in [0.717, 1.165) is 36.5 Å². The lowest BCUT2D eigenvalue weighted by Gasteiger charge is -2.34. The summed E-state index contributed by atoms with van der Waals surface area (Å²) in [6, 6.07) is 6.83. The predicted molar refractivity (Wildman–Crippen MR) is 108 cm³/mol. The molecule has 2 aromatic rings. The van der Waals surface area contributed by atoms with Crippen molar-refractivity contribution in [1.82, 2.24) is 20.9 Å². The van der Waals surface area contributed by atoms with Crippen LogP contribution in [-0.4, -0.2) is 41.3 Å². The van der Waals surface area contributed by atoms with Crippen LogP contribution in [0.25, 0.3) is 0 Å². The number of carbonyl (C=O) groups is 2. The zero-order valence-electron chi connectivity index (χ0n) is 15.5. The highest BCUT2D eigenvalue weighted by Gasteiger charge is 2.46. The molecule has 0 radical (unpaired) electrons. The van der Waals surface area contributed by atoms with E-state index in [1.54, 1.807) is 24.4 Å². The van der Waals surface area contributed by atoms with Gasteiger partial charge in [0.05, 0.1) is 17.4 Å². The van der Waals surface area contributed by atoms with E-state index in [1.165, 1.54) is 28.8 Å². The zero-order valence-corrected chi connectivity index (χ0v) is 16.3. The number of nitrogens with one attached hydrogen (secondary N) is 3. The molecule has 1 saturated heterocycles. The monoisotopic (exact) mass is 413 g/mol. The maximum absolute atomic E-state index is 13.3. The maximum atomic E-state index is 13.3. The second-order valence-electron chi connectivity index (χ2n) is 7.38. The lowest BCUT2D eigenvalue weighted by atomic mass is 9.99. The van der Waals surface area contributed by atoms with E-state index >= 15 is 0 Å². The van der Waals surface area contributed by atoms with Gasteiger partial charge in [0.25, 0.3) is 0 Å². The SMILES string of the molecule is O=C(NC1CCCNC1)[C@@H]1Sc2nccc3c2C1NC(=O)N3c1ccc(F)cc1. The summed E-state index contributed by atoms with van der Waals surface area (Å²) in [5.41, 5.74) is 2.07. The quantitative estimate of drug-likeness (QED) is 0.720. The first-order valence-corrected chi connectivity index (χ1v) is 10.5. The molecule has 0 aliphatic carbocycles. The van der Waals surface area contributed by atoms with E-state index < -0.39 is 11.3 Å². The minimum atomic E-state index is -0.472. The summed E-state index contributed by atoms with van der Waals surface area (Å²) in [7, 11) is 0. The molecule has 2 unspecified atom stereocenters. The molecule has 1 aromatic heterocycles. The number of aromatic nitrogens is 1. The lowest BCUT2D eigenvalue weighted by molar-refractivity contribution is -0.121. The smallest absolute Gasteiger partial charge is 0.327 e. The number of piperidine rings is 1. The normalized spacial score (nSPS) is 25.3. The molecule has 3 aliphatic heterocycles. The van der Waals surface area contributed by atoms with Crippen molar-refractivity contribution in [2.45, 2.75) is 35.2 Å². The third-order valence-corrected chi connectivity index (χ3v) is 6.78. The largest absolute Gasteiger partial charge is 0.351 e. The Bertz CT molecular complexity index is 964. The number of pyridine rings is 1. The Morgan fingerprint density at radius 1 is 1.28 bits per heavy atom. The average molecular weight is 413 g/mol. The van der Waals surface area contributed by atoms with E-state index in [4.69, 9.17) is 0 Å². The topological polar surface area (TPSA) is 86.4 Å². The number of halogens is 1. The molecule has 150 valence electrons. The Labute approximate surface area is 171 Å².